The first kappa shape index (κ1) is 19.7. The highest BCUT2D eigenvalue weighted by Crippen LogP contribution is 2.24. The van der Waals surface area contributed by atoms with Gasteiger partial charge in [-0.25, -0.2) is 17.9 Å². The van der Waals surface area contributed by atoms with Gasteiger partial charge in [0.1, 0.15) is 4.90 Å². The van der Waals surface area contributed by atoms with Crippen LogP contribution in [0.5, 0.6) is 0 Å². The Kier molecular flexibility index (Phi) is 6.80. The lowest BCUT2D eigenvalue weighted by atomic mass is 10.2. The van der Waals surface area contributed by atoms with Crippen LogP contribution in [-0.4, -0.2) is 44.8 Å². The molecule has 1 saturated heterocycles. The average molecular weight is 370 g/mol. The lowest BCUT2D eigenvalue weighted by Crippen LogP contribution is -2.33. The first-order chi connectivity index (χ1) is 11.8. The second-order valence-electron chi connectivity index (χ2n) is 6.34. The third kappa shape index (κ3) is 5.42. The number of sulfonamides is 1. The first-order valence-electron chi connectivity index (χ1n) is 8.58. The number of carboxylic acid groups (broad SMARTS) is 1. The van der Waals surface area contributed by atoms with Gasteiger partial charge < -0.3 is 15.2 Å². The summed E-state index contributed by atoms with van der Waals surface area (Å²) in [6, 6.07) is 3.86. The number of carboxylic acids is 1. The Balaban J connectivity index is 2.27. The molecule has 1 aliphatic heterocycles. The molecule has 1 heterocycles. The van der Waals surface area contributed by atoms with Gasteiger partial charge in [0.2, 0.25) is 10.0 Å². The van der Waals surface area contributed by atoms with E-state index in [0.29, 0.717) is 25.3 Å². The minimum Gasteiger partial charge on any atom is -0.478 e. The Morgan fingerprint density at radius 3 is 2.80 bits per heavy atom. The van der Waals surface area contributed by atoms with E-state index in [2.05, 4.69) is 10.0 Å². The molecule has 0 saturated carbocycles. The zero-order valence-electron chi connectivity index (χ0n) is 14.6. The molecule has 0 amide bonds. The van der Waals surface area contributed by atoms with E-state index < -0.39 is 16.0 Å². The molecule has 0 bridgehead atoms. The first-order valence-corrected chi connectivity index (χ1v) is 10.1. The number of carbonyl (C=O) groups is 1. The van der Waals surface area contributed by atoms with Gasteiger partial charge >= 0.3 is 5.97 Å². The molecule has 1 aromatic carbocycles. The van der Waals surface area contributed by atoms with Crippen molar-refractivity contribution in [3.8, 4) is 0 Å². The van der Waals surface area contributed by atoms with Crippen LogP contribution in [0.4, 0.5) is 5.69 Å². The van der Waals surface area contributed by atoms with E-state index in [-0.39, 0.29) is 22.6 Å². The zero-order valence-corrected chi connectivity index (χ0v) is 15.4. The molecule has 0 unspecified atom stereocenters. The highest BCUT2D eigenvalue weighted by molar-refractivity contribution is 7.89. The molecule has 1 aliphatic rings. The van der Waals surface area contributed by atoms with E-state index in [9.17, 15) is 18.3 Å². The molecule has 25 heavy (non-hydrogen) atoms. The SMILES string of the molecule is CCC[C@@H](C)NS(=O)(=O)c1cc(C(=O)O)ccc1NC[C@@H]1CCCO1. The third-order valence-corrected chi connectivity index (χ3v) is 5.77. The summed E-state index contributed by atoms with van der Waals surface area (Å²) in [5.74, 6) is -1.16. The minimum absolute atomic E-state index is 0.0432. The summed E-state index contributed by atoms with van der Waals surface area (Å²) in [5.41, 5.74) is 0.322. The van der Waals surface area contributed by atoms with Crippen molar-refractivity contribution in [2.75, 3.05) is 18.5 Å². The molecule has 3 N–H and O–H groups in total. The van der Waals surface area contributed by atoms with Crippen molar-refractivity contribution < 1.29 is 23.1 Å². The normalized spacial score (nSPS) is 18.9. The van der Waals surface area contributed by atoms with Gasteiger partial charge in [0, 0.05) is 19.2 Å². The van der Waals surface area contributed by atoms with Crippen LogP contribution < -0.4 is 10.0 Å². The number of aromatic carboxylic acids is 1. The van der Waals surface area contributed by atoms with E-state index in [1.54, 1.807) is 6.92 Å². The number of hydrogen-bond acceptors (Lipinski definition) is 5. The minimum atomic E-state index is -3.83. The number of hydrogen-bond donors (Lipinski definition) is 3. The Morgan fingerprint density at radius 1 is 1.44 bits per heavy atom. The lowest BCUT2D eigenvalue weighted by molar-refractivity contribution is 0.0696. The summed E-state index contributed by atoms with van der Waals surface area (Å²) in [4.78, 5) is 11.2. The van der Waals surface area contributed by atoms with Gasteiger partial charge in [-0.1, -0.05) is 13.3 Å². The van der Waals surface area contributed by atoms with E-state index in [0.717, 1.165) is 19.3 Å². The van der Waals surface area contributed by atoms with Crippen LogP contribution >= 0.6 is 0 Å². The van der Waals surface area contributed by atoms with Gasteiger partial charge in [-0.15, -0.1) is 0 Å². The number of ether oxygens (including phenoxy) is 1. The zero-order chi connectivity index (χ0) is 18.4. The second-order valence-corrected chi connectivity index (χ2v) is 8.03. The highest BCUT2D eigenvalue weighted by Gasteiger charge is 2.23. The number of rotatable bonds is 9. The van der Waals surface area contributed by atoms with Crippen molar-refractivity contribution in [1.82, 2.24) is 4.72 Å². The van der Waals surface area contributed by atoms with Crippen molar-refractivity contribution in [2.24, 2.45) is 0 Å². The van der Waals surface area contributed by atoms with Crippen LogP contribution in [0.3, 0.4) is 0 Å². The molecule has 2 rings (SSSR count). The second kappa shape index (κ2) is 8.64. The van der Waals surface area contributed by atoms with Crippen molar-refractivity contribution in [1.29, 1.82) is 0 Å². The maximum atomic E-state index is 12.7. The fraction of sp³-hybridized carbons (Fsp3) is 0.588. The molecule has 1 aromatic rings. The fourth-order valence-electron chi connectivity index (χ4n) is 2.87. The summed E-state index contributed by atoms with van der Waals surface area (Å²) in [6.07, 6.45) is 3.51. The molecule has 0 aliphatic carbocycles. The van der Waals surface area contributed by atoms with Gasteiger partial charge in [-0.3, -0.25) is 0 Å². The lowest BCUT2D eigenvalue weighted by Gasteiger charge is -2.18. The van der Waals surface area contributed by atoms with E-state index in [4.69, 9.17) is 4.74 Å². The Hall–Kier alpha value is -1.64. The van der Waals surface area contributed by atoms with E-state index >= 15 is 0 Å². The predicted molar refractivity (Wildman–Crippen MR) is 95.6 cm³/mol. The van der Waals surface area contributed by atoms with Crippen molar-refractivity contribution in [3.05, 3.63) is 23.8 Å². The van der Waals surface area contributed by atoms with Crippen LogP contribution in [0.2, 0.25) is 0 Å². The molecule has 0 spiro atoms. The largest absolute Gasteiger partial charge is 0.478 e. The van der Waals surface area contributed by atoms with Crippen molar-refractivity contribution in [2.45, 2.75) is 56.6 Å². The van der Waals surface area contributed by atoms with Gasteiger partial charge in [0.25, 0.3) is 0 Å². The standard InChI is InChI=1S/C17H26N2O5S/c1-3-5-12(2)19-25(22,23)16-10-13(17(20)21)7-8-15(16)18-11-14-6-4-9-24-14/h7-8,10,12,14,18-19H,3-6,9,11H2,1-2H3,(H,20,21)/t12-,14+/m1/s1. The van der Waals surface area contributed by atoms with E-state index in [1.807, 2.05) is 6.92 Å². The molecule has 7 nitrogen and oxygen atoms in total. The van der Waals surface area contributed by atoms with Crippen molar-refractivity contribution in [3.63, 3.8) is 0 Å². The molecule has 0 aromatic heterocycles. The van der Waals surface area contributed by atoms with Crippen molar-refractivity contribution >= 4 is 21.7 Å². The highest BCUT2D eigenvalue weighted by atomic mass is 32.2. The summed E-state index contributed by atoms with van der Waals surface area (Å²) >= 11 is 0. The molecule has 0 radical (unpaired) electrons. The Morgan fingerprint density at radius 2 is 2.20 bits per heavy atom. The summed E-state index contributed by atoms with van der Waals surface area (Å²) in [6.45, 7) is 4.97. The van der Waals surface area contributed by atoms with Crippen LogP contribution in [-0.2, 0) is 14.8 Å². The Labute approximate surface area is 148 Å². The van der Waals surface area contributed by atoms with Gasteiger partial charge in [0.05, 0.1) is 17.4 Å². The predicted octanol–water partition coefficient (Wildman–Crippen LogP) is 2.44. The van der Waals surface area contributed by atoms with Crippen LogP contribution in [0.15, 0.2) is 23.1 Å². The summed E-state index contributed by atoms with van der Waals surface area (Å²) < 4.78 is 33.6. The molecule has 140 valence electrons. The number of nitrogens with one attached hydrogen (secondary N) is 2. The van der Waals surface area contributed by atoms with Crippen LogP contribution in [0, 0.1) is 0 Å². The maximum Gasteiger partial charge on any atom is 0.335 e. The summed E-state index contributed by atoms with van der Waals surface area (Å²) in [7, 11) is -3.83. The molecular formula is C17H26N2O5S. The molecule has 8 heteroatoms. The third-order valence-electron chi connectivity index (χ3n) is 4.14. The molecule has 1 fully saturated rings. The number of benzene rings is 1. The van der Waals surface area contributed by atoms with Crippen LogP contribution in [0.25, 0.3) is 0 Å². The molecule has 2 atom stereocenters. The summed E-state index contributed by atoms with van der Waals surface area (Å²) in [5, 5.41) is 12.3. The monoisotopic (exact) mass is 370 g/mol. The smallest absolute Gasteiger partial charge is 0.335 e. The van der Waals surface area contributed by atoms with Gasteiger partial charge in [-0.2, -0.15) is 0 Å². The maximum absolute atomic E-state index is 12.7. The topological polar surface area (TPSA) is 105 Å². The molecular weight excluding hydrogens is 344 g/mol. The van der Waals surface area contributed by atoms with Gasteiger partial charge in [-0.05, 0) is 44.4 Å². The fourth-order valence-corrected chi connectivity index (χ4v) is 4.36. The quantitative estimate of drug-likeness (QED) is 0.617. The average Bonchev–Trinajstić information content (AvgIpc) is 3.05. The Bertz CT molecular complexity index is 699. The van der Waals surface area contributed by atoms with Crippen LogP contribution in [0.1, 0.15) is 49.9 Å². The number of anilines is 1. The van der Waals surface area contributed by atoms with E-state index in [1.165, 1.54) is 18.2 Å². The van der Waals surface area contributed by atoms with Gasteiger partial charge in [0.15, 0.2) is 0 Å².